The number of anilines is 1. The van der Waals surface area contributed by atoms with Crippen molar-refractivity contribution in [3.63, 3.8) is 0 Å². The van der Waals surface area contributed by atoms with Gasteiger partial charge in [-0.25, -0.2) is 0 Å². The van der Waals surface area contributed by atoms with Crippen LogP contribution in [0.25, 0.3) is 0 Å². The van der Waals surface area contributed by atoms with Crippen LogP contribution in [-0.2, 0) is 11.3 Å². The number of hydrogen-bond donors (Lipinski definition) is 1. The lowest BCUT2D eigenvalue weighted by Gasteiger charge is -2.21. The van der Waals surface area contributed by atoms with Gasteiger partial charge in [-0.1, -0.05) is 4.49 Å². The van der Waals surface area contributed by atoms with Gasteiger partial charge >= 0.3 is 0 Å². The molecule has 0 unspecified atom stereocenters. The lowest BCUT2D eigenvalue weighted by molar-refractivity contribution is 0.0601. The number of carbonyl (C=O) groups is 1. The maximum atomic E-state index is 12.1. The first-order valence-corrected chi connectivity index (χ1v) is 7.70. The van der Waals surface area contributed by atoms with E-state index in [4.69, 9.17) is 4.74 Å². The van der Waals surface area contributed by atoms with E-state index in [-0.39, 0.29) is 5.91 Å². The highest BCUT2D eigenvalue weighted by Gasteiger charge is 2.16. The first-order valence-electron chi connectivity index (χ1n) is 6.93. The van der Waals surface area contributed by atoms with E-state index in [0.29, 0.717) is 22.2 Å². The molecule has 0 aliphatic carbocycles. The Bertz CT molecular complexity index is 618. The number of amides is 1. The number of aryl methyl sites for hydroxylation is 1. The van der Waals surface area contributed by atoms with E-state index >= 15 is 0 Å². The molecule has 112 valence electrons. The Kier molecular flexibility index (Phi) is 4.26. The third-order valence-electron chi connectivity index (χ3n) is 3.54. The van der Waals surface area contributed by atoms with Gasteiger partial charge in [-0.15, -0.1) is 5.10 Å². The molecule has 0 aromatic carbocycles. The Balaban J connectivity index is 1.60. The predicted octanol–water partition coefficient (Wildman–Crippen LogP) is 1.72. The Morgan fingerprint density at radius 2 is 2.33 bits per heavy atom. The van der Waals surface area contributed by atoms with Gasteiger partial charge in [-0.3, -0.25) is 9.48 Å². The molecular weight excluding hydrogens is 290 g/mol. The zero-order chi connectivity index (χ0) is 14.7. The van der Waals surface area contributed by atoms with Crippen molar-refractivity contribution in [1.82, 2.24) is 19.4 Å². The number of aromatic nitrogens is 4. The summed E-state index contributed by atoms with van der Waals surface area (Å²) in [6.07, 6.45) is 5.65. The summed E-state index contributed by atoms with van der Waals surface area (Å²) in [6.45, 7) is 4.29. The monoisotopic (exact) mass is 307 g/mol. The standard InChI is InChI=1S/C13H17N5O2S/c1-9-12(21-17-16-9)13(19)15-11-6-14-18(8-11)7-10-2-4-20-5-3-10/h6,8,10H,2-5,7H2,1H3,(H,15,19). The molecule has 1 aliphatic heterocycles. The van der Waals surface area contributed by atoms with E-state index in [2.05, 4.69) is 20.0 Å². The minimum Gasteiger partial charge on any atom is -0.381 e. The molecule has 8 heteroatoms. The number of rotatable bonds is 4. The third kappa shape index (κ3) is 3.45. The second-order valence-electron chi connectivity index (χ2n) is 5.15. The van der Waals surface area contributed by atoms with Crippen LogP contribution in [0, 0.1) is 12.8 Å². The molecule has 0 radical (unpaired) electrons. The van der Waals surface area contributed by atoms with Crippen molar-refractivity contribution in [2.75, 3.05) is 18.5 Å². The quantitative estimate of drug-likeness (QED) is 0.930. The van der Waals surface area contributed by atoms with Crippen LogP contribution >= 0.6 is 11.5 Å². The third-order valence-corrected chi connectivity index (χ3v) is 4.36. The van der Waals surface area contributed by atoms with Crippen molar-refractivity contribution < 1.29 is 9.53 Å². The zero-order valence-corrected chi connectivity index (χ0v) is 12.6. The average molecular weight is 307 g/mol. The predicted molar refractivity (Wildman–Crippen MR) is 78.4 cm³/mol. The SMILES string of the molecule is Cc1nnsc1C(=O)Nc1cnn(CC2CCOCC2)c1. The molecule has 1 saturated heterocycles. The number of nitrogens with one attached hydrogen (secondary N) is 1. The molecule has 7 nitrogen and oxygen atoms in total. The topological polar surface area (TPSA) is 81.9 Å². The summed E-state index contributed by atoms with van der Waals surface area (Å²) in [5, 5.41) is 11.0. The molecule has 1 amide bonds. The van der Waals surface area contributed by atoms with Gasteiger partial charge in [0.25, 0.3) is 5.91 Å². The Morgan fingerprint density at radius 3 is 3.05 bits per heavy atom. The van der Waals surface area contributed by atoms with Gasteiger partial charge in [0, 0.05) is 26.0 Å². The molecule has 0 bridgehead atoms. The molecule has 21 heavy (non-hydrogen) atoms. The lowest BCUT2D eigenvalue weighted by atomic mass is 10.0. The molecule has 0 saturated carbocycles. The zero-order valence-electron chi connectivity index (χ0n) is 11.8. The molecule has 2 aromatic rings. The highest BCUT2D eigenvalue weighted by atomic mass is 32.1. The van der Waals surface area contributed by atoms with Crippen molar-refractivity contribution in [2.45, 2.75) is 26.3 Å². The molecule has 2 aromatic heterocycles. The maximum Gasteiger partial charge on any atom is 0.269 e. The van der Waals surface area contributed by atoms with Crippen molar-refractivity contribution in [1.29, 1.82) is 0 Å². The molecule has 1 aliphatic rings. The van der Waals surface area contributed by atoms with Crippen LogP contribution < -0.4 is 5.32 Å². The van der Waals surface area contributed by atoms with Crippen LogP contribution in [0.15, 0.2) is 12.4 Å². The molecular formula is C13H17N5O2S. The second kappa shape index (κ2) is 6.31. The van der Waals surface area contributed by atoms with Gasteiger partial charge in [0.1, 0.15) is 4.88 Å². The highest BCUT2D eigenvalue weighted by molar-refractivity contribution is 7.08. The van der Waals surface area contributed by atoms with Crippen molar-refractivity contribution in [2.24, 2.45) is 5.92 Å². The molecule has 1 N–H and O–H groups in total. The summed E-state index contributed by atoms with van der Waals surface area (Å²) >= 11 is 1.10. The molecule has 0 spiro atoms. The number of nitrogens with zero attached hydrogens (tertiary/aromatic N) is 4. The van der Waals surface area contributed by atoms with Crippen molar-refractivity contribution >= 4 is 23.1 Å². The largest absolute Gasteiger partial charge is 0.381 e. The maximum absolute atomic E-state index is 12.1. The number of hydrogen-bond acceptors (Lipinski definition) is 6. The summed E-state index contributed by atoms with van der Waals surface area (Å²) in [5.74, 6) is 0.406. The fourth-order valence-corrected chi connectivity index (χ4v) is 2.90. The van der Waals surface area contributed by atoms with Gasteiger partial charge in [-0.05, 0) is 37.2 Å². The molecule has 0 atom stereocenters. The first-order chi connectivity index (χ1) is 10.2. The molecule has 1 fully saturated rings. The van der Waals surface area contributed by atoms with E-state index in [9.17, 15) is 4.79 Å². The normalized spacial score (nSPS) is 16.0. The van der Waals surface area contributed by atoms with E-state index in [1.165, 1.54) is 0 Å². The Labute approximate surface area is 126 Å². The van der Waals surface area contributed by atoms with Crippen molar-refractivity contribution in [3.8, 4) is 0 Å². The second-order valence-corrected chi connectivity index (χ2v) is 5.90. The van der Waals surface area contributed by atoms with Crippen LogP contribution in [0.4, 0.5) is 5.69 Å². The van der Waals surface area contributed by atoms with Crippen molar-refractivity contribution in [3.05, 3.63) is 23.0 Å². The van der Waals surface area contributed by atoms with E-state index in [1.54, 1.807) is 13.1 Å². The van der Waals surface area contributed by atoms with Crippen LogP contribution in [0.3, 0.4) is 0 Å². The minimum atomic E-state index is -0.187. The Hall–Kier alpha value is -1.80. The van der Waals surface area contributed by atoms with E-state index < -0.39 is 0 Å². The molecule has 3 heterocycles. The minimum absolute atomic E-state index is 0.187. The number of carbonyl (C=O) groups excluding carboxylic acids is 1. The lowest BCUT2D eigenvalue weighted by Crippen LogP contribution is -2.20. The van der Waals surface area contributed by atoms with E-state index in [1.807, 2.05) is 10.9 Å². The summed E-state index contributed by atoms with van der Waals surface area (Å²) in [6, 6.07) is 0. The smallest absolute Gasteiger partial charge is 0.269 e. The van der Waals surface area contributed by atoms with Gasteiger partial charge in [0.15, 0.2) is 0 Å². The van der Waals surface area contributed by atoms with Gasteiger partial charge < -0.3 is 10.1 Å². The van der Waals surface area contributed by atoms with Gasteiger partial charge in [0.2, 0.25) is 0 Å². The van der Waals surface area contributed by atoms with Gasteiger partial charge in [-0.2, -0.15) is 5.10 Å². The van der Waals surface area contributed by atoms with Crippen LogP contribution in [0.1, 0.15) is 28.2 Å². The average Bonchev–Trinajstić information content (AvgIpc) is 3.09. The summed E-state index contributed by atoms with van der Waals surface area (Å²) < 4.78 is 11.0. The van der Waals surface area contributed by atoms with Gasteiger partial charge in [0.05, 0.1) is 17.6 Å². The van der Waals surface area contributed by atoms with Crippen LogP contribution in [-0.4, -0.2) is 38.5 Å². The summed E-state index contributed by atoms with van der Waals surface area (Å²) in [5.41, 5.74) is 1.34. The number of ether oxygens (including phenoxy) is 1. The fraction of sp³-hybridized carbons (Fsp3) is 0.538. The van der Waals surface area contributed by atoms with E-state index in [0.717, 1.165) is 44.1 Å². The molecule has 3 rings (SSSR count). The first kappa shape index (κ1) is 14.2. The summed E-state index contributed by atoms with van der Waals surface area (Å²) in [4.78, 5) is 12.6. The summed E-state index contributed by atoms with van der Waals surface area (Å²) in [7, 11) is 0. The highest BCUT2D eigenvalue weighted by Crippen LogP contribution is 2.18. The fourth-order valence-electron chi connectivity index (χ4n) is 2.35. The Morgan fingerprint density at radius 1 is 1.52 bits per heavy atom. The van der Waals surface area contributed by atoms with Crippen LogP contribution in [0.2, 0.25) is 0 Å². The van der Waals surface area contributed by atoms with Crippen LogP contribution in [0.5, 0.6) is 0 Å².